The summed E-state index contributed by atoms with van der Waals surface area (Å²) in [6.45, 7) is 3.84. The summed E-state index contributed by atoms with van der Waals surface area (Å²) in [5.41, 5.74) is 1.83. The molecule has 1 atom stereocenters. The molecule has 0 unspecified atom stereocenters. The van der Waals surface area contributed by atoms with Crippen LogP contribution in [0.2, 0.25) is 5.02 Å². The number of nitrogens with zero attached hydrogens (tertiary/aromatic N) is 3. The molecule has 8 heteroatoms. The summed E-state index contributed by atoms with van der Waals surface area (Å²) < 4.78 is 7.73. The monoisotopic (exact) mass is 416 g/mol. The van der Waals surface area contributed by atoms with Crippen LogP contribution in [-0.4, -0.2) is 26.4 Å². The fourth-order valence-electron chi connectivity index (χ4n) is 2.62. The first-order valence-corrected chi connectivity index (χ1v) is 10.1. The largest absolute Gasteiger partial charge is 0.481 e. The quantitative estimate of drug-likeness (QED) is 0.568. The number of amides is 1. The van der Waals surface area contributed by atoms with E-state index in [0.29, 0.717) is 21.8 Å². The van der Waals surface area contributed by atoms with Crippen LogP contribution in [0.3, 0.4) is 0 Å². The second-order valence-corrected chi connectivity index (χ2v) is 7.59. The van der Waals surface area contributed by atoms with Crippen molar-refractivity contribution in [3.8, 4) is 5.75 Å². The zero-order valence-electron chi connectivity index (χ0n) is 15.8. The molecule has 0 saturated heterocycles. The highest BCUT2D eigenvalue weighted by Crippen LogP contribution is 2.29. The SMILES string of the molecule is Cc1ccccc1NC(=O)CSc1nnc([C@H](C)Oc2ccccc2Cl)n1C. The molecule has 3 aromatic rings. The molecule has 0 fully saturated rings. The Bertz CT molecular complexity index is 976. The van der Waals surface area contributed by atoms with Gasteiger partial charge in [0.05, 0.1) is 10.8 Å². The van der Waals surface area contributed by atoms with E-state index in [1.165, 1.54) is 11.8 Å². The summed E-state index contributed by atoms with van der Waals surface area (Å²) in [5, 5.41) is 12.5. The van der Waals surface area contributed by atoms with Crippen LogP contribution in [0.5, 0.6) is 5.75 Å². The minimum Gasteiger partial charge on any atom is -0.481 e. The van der Waals surface area contributed by atoms with Gasteiger partial charge in [0.15, 0.2) is 17.1 Å². The standard InChI is InChI=1S/C20H21ClN4O2S/c1-13-8-4-6-10-16(13)22-18(26)12-28-20-24-23-19(25(20)3)14(2)27-17-11-7-5-9-15(17)21/h4-11,14H,12H2,1-3H3,(H,22,26)/t14-/m0/s1. The molecule has 1 amide bonds. The number of hydrogen-bond acceptors (Lipinski definition) is 5. The smallest absolute Gasteiger partial charge is 0.234 e. The lowest BCUT2D eigenvalue weighted by atomic mass is 10.2. The van der Waals surface area contributed by atoms with E-state index in [1.54, 1.807) is 12.1 Å². The molecule has 28 heavy (non-hydrogen) atoms. The van der Waals surface area contributed by atoms with Crippen LogP contribution in [0, 0.1) is 6.92 Å². The summed E-state index contributed by atoms with van der Waals surface area (Å²) in [7, 11) is 1.85. The number of aromatic nitrogens is 3. The molecule has 3 rings (SSSR count). The second kappa shape index (κ2) is 9.12. The normalized spacial score (nSPS) is 11.9. The molecule has 0 radical (unpaired) electrons. The number of benzene rings is 2. The fourth-order valence-corrected chi connectivity index (χ4v) is 3.52. The third-order valence-electron chi connectivity index (χ3n) is 4.12. The van der Waals surface area contributed by atoms with E-state index in [9.17, 15) is 4.79 Å². The summed E-state index contributed by atoms with van der Waals surface area (Å²) >= 11 is 7.47. The highest BCUT2D eigenvalue weighted by atomic mass is 35.5. The number of ether oxygens (including phenoxy) is 1. The van der Waals surface area contributed by atoms with Crippen molar-refractivity contribution in [1.82, 2.24) is 14.8 Å². The zero-order chi connectivity index (χ0) is 20.1. The molecule has 0 spiro atoms. The van der Waals surface area contributed by atoms with Crippen LogP contribution in [0.4, 0.5) is 5.69 Å². The summed E-state index contributed by atoms with van der Waals surface area (Å²) in [6, 6.07) is 15.0. The Hall–Kier alpha value is -2.51. The van der Waals surface area contributed by atoms with Gasteiger partial charge < -0.3 is 14.6 Å². The van der Waals surface area contributed by atoms with Crippen molar-refractivity contribution in [1.29, 1.82) is 0 Å². The average Bonchev–Trinajstić information content (AvgIpc) is 3.04. The maximum atomic E-state index is 12.2. The van der Waals surface area contributed by atoms with Crippen molar-refractivity contribution in [3.05, 3.63) is 64.9 Å². The van der Waals surface area contributed by atoms with Crippen molar-refractivity contribution in [3.63, 3.8) is 0 Å². The molecular weight excluding hydrogens is 396 g/mol. The molecule has 0 aliphatic carbocycles. The predicted molar refractivity (Wildman–Crippen MR) is 112 cm³/mol. The Balaban J connectivity index is 1.60. The Kier molecular flexibility index (Phi) is 6.59. The molecule has 0 saturated carbocycles. The number of nitrogens with one attached hydrogen (secondary N) is 1. The van der Waals surface area contributed by atoms with Gasteiger partial charge in [-0.15, -0.1) is 10.2 Å². The van der Waals surface area contributed by atoms with Crippen molar-refractivity contribution in [2.75, 3.05) is 11.1 Å². The first-order chi connectivity index (χ1) is 13.5. The lowest BCUT2D eigenvalue weighted by Crippen LogP contribution is -2.15. The Morgan fingerprint density at radius 3 is 2.68 bits per heavy atom. The summed E-state index contributed by atoms with van der Waals surface area (Å²) in [5.74, 6) is 1.39. The molecule has 146 valence electrons. The summed E-state index contributed by atoms with van der Waals surface area (Å²) in [4.78, 5) is 12.2. The maximum Gasteiger partial charge on any atom is 0.234 e. The van der Waals surface area contributed by atoms with E-state index in [-0.39, 0.29) is 17.8 Å². The van der Waals surface area contributed by atoms with E-state index in [2.05, 4.69) is 15.5 Å². The van der Waals surface area contributed by atoms with E-state index in [0.717, 1.165) is 11.3 Å². The van der Waals surface area contributed by atoms with Gasteiger partial charge >= 0.3 is 0 Å². The number of rotatable bonds is 7. The number of hydrogen-bond donors (Lipinski definition) is 1. The summed E-state index contributed by atoms with van der Waals surface area (Å²) in [6.07, 6.45) is -0.340. The molecule has 0 aliphatic heterocycles. The van der Waals surface area contributed by atoms with E-state index in [4.69, 9.17) is 16.3 Å². The number of carbonyl (C=O) groups excluding carboxylic acids is 1. The molecule has 6 nitrogen and oxygen atoms in total. The first-order valence-electron chi connectivity index (χ1n) is 8.74. The highest BCUT2D eigenvalue weighted by Gasteiger charge is 2.19. The van der Waals surface area contributed by atoms with Gasteiger partial charge in [0.25, 0.3) is 0 Å². The van der Waals surface area contributed by atoms with Gasteiger partial charge in [-0.05, 0) is 37.6 Å². The van der Waals surface area contributed by atoms with Gasteiger partial charge in [0.2, 0.25) is 5.91 Å². The molecular formula is C20H21ClN4O2S. The van der Waals surface area contributed by atoms with Crippen molar-refractivity contribution in [2.45, 2.75) is 25.1 Å². The maximum absolute atomic E-state index is 12.2. The number of aryl methyl sites for hydroxylation is 1. The van der Waals surface area contributed by atoms with E-state index >= 15 is 0 Å². The number of anilines is 1. The first kappa shape index (κ1) is 20.2. The molecule has 2 aromatic carbocycles. The second-order valence-electron chi connectivity index (χ2n) is 6.24. The molecule has 1 N–H and O–H groups in total. The fraction of sp³-hybridized carbons (Fsp3) is 0.250. The molecule has 1 aromatic heterocycles. The zero-order valence-corrected chi connectivity index (χ0v) is 17.4. The van der Waals surface area contributed by atoms with Gasteiger partial charge in [0.1, 0.15) is 5.75 Å². The third-order valence-corrected chi connectivity index (χ3v) is 5.46. The number of thioether (sulfide) groups is 1. The van der Waals surface area contributed by atoms with Crippen LogP contribution in [0.1, 0.15) is 24.4 Å². The number of para-hydroxylation sites is 2. The van der Waals surface area contributed by atoms with Gasteiger partial charge in [-0.1, -0.05) is 53.7 Å². The Morgan fingerprint density at radius 2 is 1.93 bits per heavy atom. The van der Waals surface area contributed by atoms with Gasteiger partial charge in [-0.3, -0.25) is 4.79 Å². The van der Waals surface area contributed by atoms with Crippen LogP contribution >= 0.6 is 23.4 Å². The van der Waals surface area contributed by atoms with Gasteiger partial charge in [-0.25, -0.2) is 0 Å². The van der Waals surface area contributed by atoms with Crippen LogP contribution in [0.15, 0.2) is 53.7 Å². The van der Waals surface area contributed by atoms with Crippen molar-refractivity contribution in [2.24, 2.45) is 7.05 Å². The lowest BCUT2D eigenvalue weighted by molar-refractivity contribution is -0.113. The van der Waals surface area contributed by atoms with Crippen molar-refractivity contribution >= 4 is 35.0 Å². The molecule has 1 heterocycles. The Morgan fingerprint density at radius 1 is 1.21 bits per heavy atom. The minimum absolute atomic E-state index is 0.0933. The third kappa shape index (κ3) is 4.85. The van der Waals surface area contributed by atoms with E-state index in [1.807, 2.05) is 61.9 Å². The minimum atomic E-state index is -0.340. The average molecular weight is 417 g/mol. The topological polar surface area (TPSA) is 69.0 Å². The van der Waals surface area contributed by atoms with Crippen LogP contribution in [0.25, 0.3) is 0 Å². The Labute approximate surface area is 173 Å². The van der Waals surface area contributed by atoms with Crippen molar-refractivity contribution < 1.29 is 9.53 Å². The van der Waals surface area contributed by atoms with Crippen LogP contribution in [-0.2, 0) is 11.8 Å². The van der Waals surface area contributed by atoms with Gasteiger partial charge in [-0.2, -0.15) is 0 Å². The molecule has 0 bridgehead atoms. The number of halogens is 1. The highest BCUT2D eigenvalue weighted by molar-refractivity contribution is 7.99. The predicted octanol–water partition coefficient (Wildman–Crippen LogP) is 4.65. The lowest BCUT2D eigenvalue weighted by Gasteiger charge is -2.15. The van der Waals surface area contributed by atoms with Gasteiger partial charge in [0, 0.05) is 12.7 Å². The number of carbonyl (C=O) groups is 1. The van der Waals surface area contributed by atoms with E-state index < -0.39 is 0 Å². The van der Waals surface area contributed by atoms with Crippen LogP contribution < -0.4 is 10.1 Å². The molecule has 0 aliphatic rings.